The summed E-state index contributed by atoms with van der Waals surface area (Å²) in [7, 11) is 0. The molecule has 1 fully saturated rings. The monoisotopic (exact) mass is 581 g/mol. The zero-order chi connectivity index (χ0) is 23.4. The molecule has 0 atom stereocenters. The summed E-state index contributed by atoms with van der Waals surface area (Å²) in [4.78, 5) is 37.8. The molecule has 168 valence electrons. The van der Waals surface area contributed by atoms with E-state index in [9.17, 15) is 14.4 Å². The number of halogens is 2. The van der Waals surface area contributed by atoms with Crippen LogP contribution < -0.4 is 4.74 Å². The summed E-state index contributed by atoms with van der Waals surface area (Å²) in [6.07, 6.45) is 1.29. The van der Waals surface area contributed by atoms with Crippen molar-refractivity contribution in [3.05, 3.63) is 66.9 Å². The molecule has 0 unspecified atom stereocenters. The molecule has 0 saturated carbocycles. The molecule has 0 bridgehead atoms. The van der Waals surface area contributed by atoms with Crippen molar-refractivity contribution in [1.82, 2.24) is 4.90 Å². The Morgan fingerprint density at radius 1 is 1.12 bits per heavy atom. The predicted octanol–water partition coefficient (Wildman–Crippen LogP) is 6.09. The van der Waals surface area contributed by atoms with Crippen LogP contribution in [0.15, 0.2) is 50.2 Å². The van der Waals surface area contributed by atoms with E-state index in [-0.39, 0.29) is 11.0 Å². The molecule has 2 aromatic carbocycles. The predicted molar refractivity (Wildman–Crippen MR) is 131 cm³/mol. The minimum absolute atomic E-state index is 0.236. The van der Waals surface area contributed by atoms with E-state index in [1.807, 2.05) is 31.2 Å². The molecular formula is C23H21Br2NO5S. The molecule has 1 heterocycles. The van der Waals surface area contributed by atoms with E-state index in [1.165, 1.54) is 5.56 Å². The first-order valence-electron chi connectivity index (χ1n) is 9.76. The van der Waals surface area contributed by atoms with Gasteiger partial charge in [0.15, 0.2) is 0 Å². The number of hydrogen-bond acceptors (Lipinski definition) is 6. The molecular weight excluding hydrogens is 562 g/mol. The fourth-order valence-corrected chi connectivity index (χ4v) is 5.15. The fraction of sp³-hybridized carbons (Fsp3) is 0.261. The second-order valence-corrected chi connectivity index (χ2v) is 10.1. The van der Waals surface area contributed by atoms with Crippen LogP contribution in [0.1, 0.15) is 30.5 Å². The van der Waals surface area contributed by atoms with Gasteiger partial charge in [0.2, 0.25) is 0 Å². The van der Waals surface area contributed by atoms with E-state index < -0.39 is 23.7 Å². The van der Waals surface area contributed by atoms with Crippen LogP contribution in [0, 0.1) is 6.92 Å². The first-order chi connectivity index (χ1) is 15.1. The number of thioether (sulfide) groups is 1. The Bertz CT molecular complexity index is 1060. The number of benzene rings is 2. The van der Waals surface area contributed by atoms with Crippen molar-refractivity contribution < 1.29 is 23.9 Å². The quantitative estimate of drug-likeness (QED) is 0.291. The number of esters is 1. The topological polar surface area (TPSA) is 72.9 Å². The highest BCUT2D eigenvalue weighted by Gasteiger charge is 2.36. The van der Waals surface area contributed by atoms with Crippen LogP contribution in [0.3, 0.4) is 0 Å². The largest absolute Gasteiger partial charge is 0.487 e. The van der Waals surface area contributed by atoms with Crippen LogP contribution in [0.5, 0.6) is 5.75 Å². The second kappa shape index (κ2) is 10.7. The Hall–Kier alpha value is -2.10. The summed E-state index contributed by atoms with van der Waals surface area (Å²) in [5, 5.41) is -0.502. The number of rotatable bonds is 7. The van der Waals surface area contributed by atoms with Gasteiger partial charge in [-0.1, -0.05) is 29.8 Å². The number of hydrogen-bond donors (Lipinski definition) is 0. The Labute approximate surface area is 207 Å². The molecule has 0 radical (unpaired) electrons. The van der Waals surface area contributed by atoms with E-state index in [0.29, 0.717) is 26.9 Å². The summed E-state index contributed by atoms with van der Waals surface area (Å²) in [6.45, 7) is 5.44. The number of ether oxygens (including phenoxy) is 2. The molecule has 6 nitrogen and oxygen atoms in total. The third-order valence-electron chi connectivity index (χ3n) is 4.35. The van der Waals surface area contributed by atoms with Crippen molar-refractivity contribution in [3.63, 3.8) is 0 Å². The number of imide groups is 1. The minimum Gasteiger partial charge on any atom is -0.487 e. The van der Waals surface area contributed by atoms with Gasteiger partial charge in [0, 0.05) is 0 Å². The van der Waals surface area contributed by atoms with Crippen LogP contribution in [0.4, 0.5) is 4.79 Å². The molecule has 32 heavy (non-hydrogen) atoms. The van der Waals surface area contributed by atoms with Crippen molar-refractivity contribution in [2.45, 2.75) is 33.5 Å². The Balaban J connectivity index is 1.73. The maximum atomic E-state index is 12.6. The molecule has 2 aromatic rings. The van der Waals surface area contributed by atoms with Crippen molar-refractivity contribution >= 4 is 66.8 Å². The summed E-state index contributed by atoms with van der Waals surface area (Å²) in [6, 6.07) is 11.7. The summed E-state index contributed by atoms with van der Waals surface area (Å²) < 4.78 is 12.4. The molecule has 0 N–H and O–H groups in total. The fourth-order valence-electron chi connectivity index (χ4n) is 2.86. The highest BCUT2D eigenvalue weighted by Crippen LogP contribution is 2.38. The average Bonchev–Trinajstić information content (AvgIpc) is 2.95. The van der Waals surface area contributed by atoms with Gasteiger partial charge in [0.05, 0.1) is 20.0 Å². The second-order valence-electron chi connectivity index (χ2n) is 7.39. The molecule has 9 heteroatoms. The van der Waals surface area contributed by atoms with E-state index in [2.05, 4.69) is 31.9 Å². The molecule has 1 aliphatic rings. The number of aryl methyl sites for hydroxylation is 1. The van der Waals surface area contributed by atoms with Crippen LogP contribution in [0.2, 0.25) is 0 Å². The lowest BCUT2D eigenvalue weighted by atomic mass is 10.1. The van der Waals surface area contributed by atoms with Crippen molar-refractivity contribution in [3.8, 4) is 5.75 Å². The van der Waals surface area contributed by atoms with E-state index in [0.717, 1.165) is 22.2 Å². The van der Waals surface area contributed by atoms with Crippen LogP contribution in [-0.4, -0.2) is 34.7 Å². The third-order valence-corrected chi connectivity index (χ3v) is 6.44. The number of carbonyl (C=O) groups excluding carboxylic acids is 3. The van der Waals surface area contributed by atoms with Crippen LogP contribution >= 0.6 is 43.6 Å². The molecule has 1 aliphatic heterocycles. The number of carbonyl (C=O) groups is 3. The van der Waals surface area contributed by atoms with Gasteiger partial charge in [-0.25, -0.2) is 0 Å². The van der Waals surface area contributed by atoms with Gasteiger partial charge < -0.3 is 9.47 Å². The number of amides is 2. The van der Waals surface area contributed by atoms with Crippen LogP contribution in [0.25, 0.3) is 6.08 Å². The molecule has 0 spiro atoms. The molecule has 0 aromatic heterocycles. The lowest BCUT2D eigenvalue weighted by Crippen LogP contribution is -2.35. The van der Waals surface area contributed by atoms with E-state index >= 15 is 0 Å². The van der Waals surface area contributed by atoms with Crippen molar-refractivity contribution in [1.29, 1.82) is 0 Å². The zero-order valence-electron chi connectivity index (χ0n) is 17.7. The first-order valence-corrected chi connectivity index (χ1v) is 12.2. The van der Waals surface area contributed by atoms with E-state index in [1.54, 1.807) is 32.1 Å². The molecule has 3 rings (SSSR count). The molecule has 1 saturated heterocycles. The highest BCUT2D eigenvalue weighted by molar-refractivity contribution is 9.11. The summed E-state index contributed by atoms with van der Waals surface area (Å²) >= 11 is 7.82. The molecule has 0 aliphatic carbocycles. The van der Waals surface area contributed by atoms with Gasteiger partial charge in [0.1, 0.15) is 18.9 Å². The van der Waals surface area contributed by atoms with Gasteiger partial charge in [-0.05, 0) is 93.7 Å². The smallest absolute Gasteiger partial charge is 0.326 e. The Kier molecular flexibility index (Phi) is 8.19. The Morgan fingerprint density at radius 3 is 2.34 bits per heavy atom. The van der Waals surface area contributed by atoms with E-state index in [4.69, 9.17) is 9.47 Å². The Morgan fingerprint density at radius 2 is 1.75 bits per heavy atom. The highest BCUT2D eigenvalue weighted by atomic mass is 79.9. The normalized spacial score (nSPS) is 15.1. The lowest BCUT2D eigenvalue weighted by Gasteiger charge is -2.13. The first kappa shape index (κ1) is 24.5. The summed E-state index contributed by atoms with van der Waals surface area (Å²) in [5.74, 6) is -0.510. The SMILES string of the molecule is Cc1ccc(COc2c(Br)cc(/C=C3/SC(=O)N(CC(=O)OC(C)C)C3=O)cc2Br)cc1. The van der Waals surface area contributed by atoms with Crippen molar-refractivity contribution in [2.75, 3.05) is 6.54 Å². The van der Waals surface area contributed by atoms with Gasteiger partial charge >= 0.3 is 5.97 Å². The average molecular weight is 583 g/mol. The molecule has 2 amide bonds. The number of nitrogens with zero attached hydrogens (tertiary/aromatic N) is 1. The summed E-state index contributed by atoms with van der Waals surface area (Å²) in [5.41, 5.74) is 2.92. The van der Waals surface area contributed by atoms with Crippen LogP contribution in [-0.2, 0) is 20.9 Å². The lowest BCUT2D eigenvalue weighted by molar-refractivity contribution is -0.149. The van der Waals surface area contributed by atoms with Crippen molar-refractivity contribution in [2.24, 2.45) is 0 Å². The van der Waals surface area contributed by atoms with Gasteiger partial charge in [0.25, 0.3) is 11.1 Å². The maximum Gasteiger partial charge on any atom is 0.326 e. The standard InChI is InChI=1S/C23H21Br2NO5S/c1-13(2)31-20(27)11-26-22(28)19(32-23(26)29)10-16-8-17(24)21(18(25)9-16)30-12-15-6-4-14(3)5-7-15/h4-10,13H,11-12H2,1-3H3/b19-10+. The van der Waals surface area contributed by atoms with Gasteiger partial charge in [-0.15, -0.1) is 0 Å². The zero-order valence-corrected chi connectivity index (χ0v) is 21.7. The third kappa shape index (κ3) is 6.24. The van der Waals surface area contributed by atoms with Gasteiger partial charge in [-0.2, -0.15) is 0 Å². The minimum atomic E-state index is -0.621. The maximum absolute atomic E-state index is 12.6. The van der Waals surface area contributed by atoms with Gasteiger partial charge in [-0.3, -0.25) is 19.3 Å².